The molecule has 1 aliphatic rings. The zero-order chi connectivity index (χ0) is 15.0. The van der Waals surface area contributed by atoms with E-state index in [1.54, 1.807) is 41.5 Å². The molecular weight excluding hydrogens is 246 g/mol. The molecular formula is C14H25NO4. The molecule has 0 radical (unpaired) electrons. The van der Waals surface area contributed by atoms with Crippen LogP contribution < -0.4 is 0 Å². The molecule has 1 unspecified atom stereocenters. The van der Waals surface area contributed by atoms with Crippen LogP contribution in [0.5, 0.6) is 0 Å². The first-order valence-electron chi connectivity index (χ1n) is 6.66. The monoisotopic (exact) mass is 271 g/mol. The maximum absolute atomic E-state index is 12.1. The molecule has 0 aromatic heterocycles. The lowest BCUT2D eigenvalue weighted by Crippen LogP contribution is -2.45. The Hall–Kier alpha value is -1.26. The smallest absolute Gasteiger partial charge is 0.420 e. The highest BCUT2D eigenvalue weighted by molar-refractivity contribution is 5.89. The summed E-state index contributed by atoms with van der Waals surface area (Å²) in [4.78, 5) is 25.3. The van der Waals surface area contributed by atoms with Crippen LogP contribution >= 0.6 is 0 Å². The molecule has 2 atom stereocenters. The van der Waals surface area contributed by atoms with Gasteiger partial charge in [0.25, 0.3) is 0 Å². The van der Waals surface area contributed by atoms with Gasteiger partial charge in [0.2, 0.25) is 0 Å². The third-order valence-corrected chi connectivity index (χ3v) is 2.58. The summed E-state index contributed by atoms with van der Waals surface area (Å²) >= 11 is 0. The van der Waals surface area contributed by atoms with E-state index in [0.717, 1.165) is 11.3 Å². The van der Waals surface area contributed by atoms with Crippen LogP contribution in [0.15, 0.2) is 0 Å². The van der Waals surface area contributed by atoms with Gasteiger partial charge in [0.15, 0.2) is 0 Å². The van der Waals surface area contributed by atoms with Gasteiger partial charge in [-0.25, -0.2) is 14.5 Å². The lowest BCUT2D eigenvalue weighted by Gasteiger charge is -2.28. The van der Waals surface area contributed by atoms with Gasteiger partial charge in [0, 0.05) is 6.04 Å². The predicted molar refractivity (Wildman–Crippen MR) is 71.9 cm³/mol. The zero-order valence-electron chi connectivity index (χ0n) is 12.9. The van der Waals surface area contributed by atoms with Crippen LogP contribution in [-0.4, -0.2) is 34.3 Å². The molecule has 0 spiro atoms. The Labute approximate surface area is 115 Å². The van der Waals surface area contributed by atoms with E-state index in [4.69, 9.17) is 9.47 Å². The van der Waals surface area contributed by atoms with E-state index in [9.17, 15) is 9.59 Å². The number of carbonyl (C=O) groups is 2. The van der Waals surface area contributed by atoms with Gasteiger partial charge in [-0.1, -0.05) is 6.92 Å². The number of imide groups is 1. The molecule has 110 valence electrons. The van der Waals surface area contributed by atoms with Crippen molar-refractivity contribution in [2.24, 2.45) is 5.92 Å². The van der Waals surface area contributed by atoms with Crippen LogP contribution in [0.1, 0.15) is 54.9 Å². The minimum atomic E-state index is -0.629. The normalized spacial score (nSPS) is 22.7. The Balaban J connectivity index is 2.78. The van der Waals surface area contributed by atoms with Crippen LogP contribution in [0.4, 0.5) is 9.59 Å². The summed E-state index contributed by atoms with van der Waals surface area (Å²) in [5.41, 5.74) is -1.26. The van der Waals surface area contributed by atoms with E-state index in [0.29, 0.717) is 5.92 Å². The first-order chi connectivity index (χ1) is 8.41. The summed E-state index contributed by atoms with van der Waals surface area (Å²) in [6, 6.07) is -0.107. The molecule has 19 heavy (non-hydrogen) atoms. The number of carbonyl (C=O) groups excluding carboxylic acids is 2. The second-order valence-electron chi connectivity index (χ2n) is 7.11. The number of nitrogens with zero attached hydrogens (tertiary/aromatic N) is 1. The van der Waals surface area contributed by atoms with E-state index in [1.165, 1.54) is 0 Å². The van der Waals surface area contributed by atoms with Crippen LogP contribution in [-0.2, 0) is 9.47 Å². The molecule has 2 amide bonds. The Morgan fingerprint density at radius 3 is 1.47 bits per heavy atom. The summed E-state index contributed by atoms with van der Waals surface area (Å²) in [7, 11) is 0. The van der Waals surface area contributed by atoms with E-state index < -0.39 is 23.4 Å². The molecule has 0 N–H and O–H groups in total. The van der Waals surface area contributed by atoms with Crippen molar-refractivity contribution < 1.29 is 19.1 Å². The van der Waals surface area contributed by atoms with E-state index in [-0.39, 0.29) is 6.04 Å². The maximum Gasteiger partial charge on any atom is 0.420 e. The van der Waals surface area contributed by atoms with Gasteiger partial charge in [-0.2, -0.15) is 0 Å². The van der Waals surface area contributed by atoms with Crippen molar-refractivity contribution in [3.63, 3.8) is 0 Å². The van der Waals surface area contributed by atoms with Gasteiger partial charge >= 0.3 is 12.2 Å². The number of amides is 2. The third kappa shape index (κ3) is 5.09. The highest BCUT2D eigenvalue weighted by Crippen LogP contribution is 2.36. The van der Waals surface area contributed by atoms with Gasteiger partial charge < -0.3 is 9.47 Å². The molecule has 0 heterocycles. The Kier molecular flexibility index (Phi) is 4.17. The summed E-state index contributed by atoms with van der Waals surface area (Å²) in [6.45, 7) is 12.6. The fourth-order valence-electron chi connectivity index (χ4n) is 1.63. The largest absolute Gasteiger partial charge is 0.443 e. The SMILES string of the molecule is C[C@@H]1CC1N(C(=O)OC(C)(C)C)C(=O)OC(C)(C)C. The maximum atomic E-state index is 12.1. The van der Waals surface area contributed by atoms with E-state index >= 15 is 0 Å². The van der Waals surface area contributed by atoms with Crippen molar-refractivity contribution in [3.05, 3.63) is 0 Å². The van der Waals surface area contributed by atoms with E-state index in [2.05, 4.69) is 0 Å². The fourth-order valence-corrected chi connectivity index (χ4v) is 1.63. The number of hydrogen-bond donors (Lipinski definition) is 0. The fraction of sp³-hybridized carbons (Fsp3) is 0.857. The molecule has 0 aliphatic heterocycles. The van der Waals surface area contributed by atoms with Crippen LogP contribution in [0, 0.1) is 5.92 Å². The molecule has 0 saturated heterocycles. The van der Waals surface area contributed by atoms with Crippen molar-refractivity contribution in [1.29, 1.82) is 0 Å². The number of rotatable bonds is 1. The summed E-state index contributed by atoms with van der Waals surface area (Å²) < 4.78 is 10.5. The first-order valence-corrected chi connectivity index (χ1v) is 6.66. The van der Waals surface area contributed by atoms with Crippen LogP contribution in [0.2, 0.25) is 0 Å². The quantitative estimate of drug-likeness (QED) is 0.731. The van der Waals surface area contributed by atoms with Crippen molar-refractivity contribution >= 4 is 12.2 Å². The lowest BCUT2D eigenvalue weighted by atomic mass is 10.2. The molecule has 1 fully saturated rings. The van der Waals surface area contributed by atoms with Gasteiger partial charge in [-0.3, -0.25) is 0 Å². The van der Waals surface area contributed by atoms with Gasteiger partial charge in [0.1, 0.15) is 11.2 Å². The third-order valence-electron chi connectivity index (χ3n) is 2.58. The second-order valence-corrected chi connectivity index (χ2v) is 7.11. The van der Waals surface area contributed by atoms with Crippen molar-refractivity contribution in [3.8, 4) is 0 Å². The molecule has 5 nitrogen and oxygen atoms in total. The summed E-state index contributed by atoms with van der Waals surface area (Å²) in [6.07, 6.45) is -0.453. The van der Waals surface area contributed by atoms with Gasteiger partial charge in [-0.05, 0) is 53.9 Å². The molecule has 0 aromatic carbocycles. The van der Waals surface area contributed by atoms with Gasteiger partial charge in [-0.15, -0.1) is 0 Å². The topological polar surface area (TPSA) is 55.8 Å². The Morgan fingerprint density at radius 2 is 1.26 bits per heavy atom. The van der Waals surface area contributed by atoms with Crippen LogP contribution in [0.3, 0.4) is 0 Å². The number of hydrogen-bond acceptors (Lipinski definition) is 4. The Morgan fingerprint density at radius 1 is 0.947 bits per heavy atom. The van der Waals surface area contributed by atoms with E-state index in [1.807, 2.05) is 6.92 Å². The highest BCUT2D eigenvalue weighted by atomic mass is 16.6. The standard InChI is InChI=1S/C14H25NO4/c1-9-8-10(9)15(11(16)18-13(2,3)4)12(17)19-14(5,6)7/h9-10H,8H2,1-7H3/t9-,10?/m1/s1. The van der Waals surface area contributed by atoms with Gasteiger partial charge in [0.05, 0.1) is 0 Å². The Bertz CT molecular complexity index is 337. The second kappa shape index (κ2) is 5.02. The molecule has 1 aliphatic carbocycles. The minimum Gasteiger partial charge on any atom is -0.443 e. The molecule has 0 aromatic rings. The highest BCUT2D eigenvalue weighted by Gasteiger charge is 2.47. The van der Waals surface area contributed by atoms with Crippen molar-refractivity contribution in [2.45, 2.75) is 72.1 Å². The van der Waals surface area contributed by atoms with Crippen molar-refractivity contribution in [1.82, 2.24) is 4.90 Å². The number of ether oxygens (including phenoxy) is 2. The zero-order valence-corrected chi connectivity index (χ0v) is 12.9. The average Bonchev–Trinajstić information content (AvgIpc) is 2.75. The molecule has 5 heteroatoms. The minimum absolute atomic E-state index is 0.107. The summed E-state index contributed by atoms with van der Waals surface area (Å²) in [5.74, 6) is 0.306. The molecule has 1 saturated carbocycles. The average molecular weight is 271 g/mol. The lowest BCUT2D eigenvalue weighted by molar-refractivity contribution is -0.00100. The van der Waals surface area contributed by atoms with Crippen molar-refractivity contribution in [2.75, 3.05) is 0 Å². The van der Waals surface area contributed by atoms with Crippen LogP contribution in [0.25, 0.3) is 0 Å². The molecule has 1 rings (SSSR count). The first kappa shape index (κ1) is 15.8. The summed E-state index contributed by atoms with van der Waals surface area (Å²) in [5, 5.41) is 0. The predicted octanol–water partition coefficient (Wildman–Crippen LogP) is 3.57. The molecule has 0 bridgehead atoms.